The smallest absolute Gasteiger partial charge is 0.0562 e. The molecule has 0 amide bonds. The van der Waals surface area contributed by atoms with Crippen LogP contribution in [0, 0.1) is 0 Å². The van der Waals surface area contributed by atoms with Crippen LogP contribution in [0.15, 0.2) is 18.3 Å². The molecule has 0 atom stereocenters. The second kappa shape index (κ2) is 7.60. The second-order valence-electron chi connectivity index (χ2n) is 5.86. The van der Waals surface area contributed by atoms with Crippen LogP contribution in [0.1, 0.15) is 31.9 Å². The fourth-order valence-corrected chi connectivity index (χ4v) is 2.79. The van der Waals surface area contributed by atoms with Crippen molar-refractivity contribution < 1.29 is 0 Å². The molecule has 4 nitrogen and oxygen atoms in total. The quantitative estimate of drug-likeness (QED) is 0.806. The first-order valence-electron chi connectivity index (χ1n) is 7.77. The van der Waals surface area contributed by atoms with E-state index >= 15 is 0 Å². The highest BCUT2D eigenvalue weighted by Gasteiger charge is 2.20. The highest BCUT2D eigenvalue weighted by molar-refractivity contribution is 5.47. The third-order valence-electron chi connectivity index (χ3n) is 4.09. The average molecular weight is 276 g/mol. The van der Waals surface area contributed by atoms with E-state index < -0.39 is 0 Å². The summed E-state index contributed by atoms with van der Waals surface area (Å²) in [5.41, 5.74) is 2.47. The molecule has 112 valence electrons. The van der Waals surface area contributed by atoms with Gasteiger partial charge < -0.3 is 15.1 Å². The summed E-state index contributed by atoms with van der Waals surface area (Å²) in [4.78, 5) is 9.29. The molecule has 1 fully saturated rings. The second-order valence-corrected chi connectivity index (χ2v) is 5.86. The first-order chi connectivity index (χ1) is 9.70. The van der Waals surface area contributed by atoms with E-state index in [0.29, 0.717) is 0 Å². The molecule has 0 aliphatic carbocycles. The van der Waals surface area contributed by atoms with Gasteiger partial charge in [-0.2, -0.15) is 0 Å². The van der Waals surface area contributed by atoms with E-state index in [1.165, 1.54) is 18.5 Å². The summed E-state index contributed by atoms with van der Waals surface area (Å²) in [6, 6.07) is 5.11. The maximum atomic E-state index is 4.45. The number of piperidine rings is 1. The predicted molar refractivity (Wildman–Crippen MR) is 85.2 cm³/mol. The van der Waals surface area contributed by atoms with Gasteiger partial charge in [0.25, 0.3) is 0 Å². The van der Waals surface area contributed by atoms with Crippen LogP contribution in [0.25, 0.3) is 0 Å². The Hall–Kier alpha value is -1.13. The SMILES string of the molecule is CCCNCc1cc(N2CCC(N(C)C)CC2)ccn1. The molecule has 20 heavy (non-hydrogen) atoms. The molecule has 0 saturated carbocycles. The molecule has 0 radical (unpaired) electrons. The van der Waals surface area contributed by atoms with Crippen molar-refractivity contribution in [3.63, 3.8) is 0 Å². The molecular formula is C16H28N4. The Kier molecular flexibility index (Phi) is 5.80. The highest BCUT2D eigenvalue weighted by Crippen LogP contribution is 2.21. The van der Waals surface area contributed by atoms with Crippen molar-refractivity contribution in [2.24, 2.45) is 0 Å². The van der Waals surface area contributed by atoms with Gasteiger partial charge in [0.2, 0.25) is 0 Å². The summed E-state index contributed by atoms with van der Waals surface area (Å²) >= 11 is 0. The number of aromatic nitrogens is 1. The Morgan fingerprint density at radius 1 is 1.35 bits per heavy atom. The molecule has 1 saturated heterocycles. The minimum atomic E-state index is 0.735. The average Bonchev–Trinajstić information content (AvgIpc) is 2.48. The fraction of sp³-hybridized carbons (Fsp3) is 0.688. The van der Waals surface area contributed by atoms with E-state index in [4.69, 9.17) is 0 Å². The van der Waals surface area contributed by atoms with E-state index in [9.17, 15) is 0 Å². The molecule has 0 unspecified atom stereocenters. The van der Waals surface area contributed by atoms with E-state index in [1.54, 1.807) is 0 Å². The van der Waals surface area contributed by atoms with Gasteiger partial charge in [0, 0.05) is 37.6 Å². The molecule has 0 spiro atoms. The van der Waals surface area contributed by atoms with Crippen LogP contribution >= 0.6 is 0 Å². The van der Waals surface area contributed by atoms with E-state index in [1.807, 2.05) is 6.20 Å². The van der Waals surface area contributed by atoms with Crippen LogP contribution in [-0.2, 0) is 6.54 Å². The molecule has 0 aromatic carbocycles. The van der Waals surface area contributed by atoms with Crippen LogP contribution in [-0.4, -0.2) is 49.7 Å². The number of hydrogen-bond donors (Lipinski definition) is 1. The first kappa shape index (κ1) is 15.3. The zero-order chi connectivity index (χ0) is 14.4. The lowest BCUT2D eigenvalue weighted by atomic mass is 10.0. The number of rotatable bonds is 6. The van der Waals surface area contributed by atoms with Crippen LogP contribution in [0.4, 0.5) is 5.69 Å². The van der Waals surface area contributed by atoms with Crippen LogP contribution in [0.2, 0.25) is 0 Å². The third kappa shape index (κ3) is 4.18. The molecular weight excluding hydrogens is 248 g/mol. The summed E-state index contributed by atoms with van der Waals surface area (Å²) in [5, 5.41) is 3.42. The third-order valence-corrected chi connectivity index (χ3v) is 4.09. The zero-order valence-corrected chi connectivity index (χ0v) is 13.1. The lowest BCUT2D eigenvalue weighted by Gasteiger charge is -2.36. The first-order valence-corrected chi connectivity index (χ1v) is 7.77. The van der Waals surface area contributed by atoms with E-state index in [2.05, 4.69) is 53.3 Å². The van der Waals surface area contributed by atoms with Crippen LogP contribution in [0.5, 0.6) is 0 Å². The summed E-state index contributed by atoms with van der Waals surface area (Å²) in [6.07, 6.45) is 5.60. The lowest BCUT2D eigenvalue weighted by molar-refractivity contribution is 0.249. The van der Waals surface area contributed by atoms with Gasteiger partial charge in [0.15, 0.2) is 0 Å². The van der Waals surface area contributed by atoms with Gasteiger partial charge >= 0.3 is 0 Å². The molecule has 1 aromatic heterocycles. The van der Waals surface area contributed by atoms with E-state index in [-0.39, 0.29) is 0 Å². The summed E-state index contributed by atoms with van der Waals surface area (Å²) < 4.78 is 0. The predicted octanol–water partition coefficient (Wildman–Crippen LogP) is 2.11. The number of nitrogens with one attached hydrogen (secondary N) is 1. The summed E-state index contributed by atoms with van der Waals surface area (Å²) in [6.45, 7) is 6.41. The molecule has 0 bridgehead atoms. The van der Waals surface area contributed by atoms with Crippen LogP contribution in [0.3, 0.4) is 0 Å². The molecule has 1 aliphatic rings. The van der Waals surface area contributed by atoms with Gasteiger partial charge in [-0.3, -0.25) is 4.98 Å². The summed E-state index contributed by atoms with van der Waals surface area (Å²) in [7, 11) is 4.37. The fourth-order valence-electron chi connectivity index (χ4n) is 2.79. The van der Waals surface area contributed by atoms with Crippen molar-refractivity contribution in [2.45, 2.75) is 38.8 Å². The van der Waals surface area contributed by atoms with Gasteiger partial charge in [0.05, 0.1) is 5.69 Å². The number of hydrogen-bond acceptors (Lipinski definition) is 4. The van der Waals surface area contributed by atoms with Crippen molar-refractivity contribution in [1.82, 2.24) is 15.2 Å². The standard InChI is InChI=1S/C16H28N4/c1-4-8-17-13-14-12-16(5-9-18-14)20-10-6-15(7-11-20)19(2)3/h5,9,12,15,17H,4,6-8,10-11,13H2,1-3H3. The Morgan fingerprint density at radius 2 is 2.10 bits per heavy atom. The minimum absolute atomic E-state index is 0.735. The Bertz CT molecular complexity index is 397. The highest BCUT2D eigenvalue weighted by atomic mass is 15.2. The van der Waals surface area contributed by atoms with Gasteiger partial charge in [0.1, 0.15) is 0 Å². The molecule has 1 N–H and O–H groups in total. The summed E-state index contributed by atoms with van der Waals surface area (Å²) in [5.74, 6) is 0. The molecule has 1 aromatic rings. The van der Waals surface area contributed by atoms with Crippen molar-refractivity contribution >= 4 is 5.69 Å². The van der Waals surface area contributed by atoms with Gasteiger partial charge in [-0.15, -0.1) is 0 Å². The Balaban J connectivity index is 1.91. The maximum Gasteiger partial charge on any atom is 0.0562 e. The normalized spacial score (nSPS) is 16.9. The lowest BCUT2D eigenvalue weighted by Crippen LogP contribution is -2.42. The Labute approximate surface area is 123 Å². The van der Waals surface area contributed by atoms with Crippen molar-refractivity contribution in [2.75, 3.05) is 38.6 Å². The number of anilines is 1. The number of pyridine rings is 1. The largest absolute Gasteiger partial charge is 0.371 e. The minimum Gasteiger partial charge on any atom is -0.371 e. The van der Waals surface area contributed by atoms with Gasteiger partial charge in [-0.1, -0.05) is 6.92 Å². The van der Waals surface area contributed by atoms with Gasteiger partial charge in [-0.05, 0) is 52.0 Å². The molecule has 2 heterocycles. The monoisotopic (exact) mass is 276 g/mol. The van der Waals surface area contributed by atoms with Crippen molar-refractivity contribution in [3.05, 3.63) is 24.0 Å². The van der Waals surface area contributed by atoms with Crippen molar-refractivity contribution in [3.8, 4) is 0 Å². The molecule has 4 heteroatoms. The zero-order valence-electron chi connectivity index (χ0n) is 13.1. The van der Waals surface area contributed by atoms with Gasteiger partial charge in [-0.25, -0.2) is 0 Å². The topological polar surface area (TPSA) is 31.4 Å². The van der Waals surface area contributed by atoms with Crippen LogP contribution < -0.4 is 10.2 Å². The van der Waals surface area contributed by atoms with Crippen molar-refractivity contribution in [1.29, 1.82) is 0 Å². The Morgan fingerprint density at radius 3 is 2.75 bits per heavy atom. The molecule has 2 rings (SSSR count). The van der Waals surface area contributed by atoms with E-state index in [0.717, 1.165) is 44.3 Å². The maximum absolute atomic E-state index is 4.45. The number of nitrogens with zero attached hydrogens (tertiary/aromatic N) is 3. The molecule has 1 aliphatic heterocycles.